The number of carbonyl (C=O) groups excluding carboxylic acids is 1. The molecule has 0 unspecified atom stereocenters. The first-order chi connectivity index (χ1) is 8.66. The van der Waals surface area contributed by atoms with E-state index in [4.69, 9.17) is 4.74 Å². The van der Waals surface area contributed by atoms with Crippen molar-refractivity contribution in [1.82, 2.24) is 4.90 Å². The van der Waals surface area contributed by atoms with E-state index in [-0.39, 0.29) is 5.91 Å². The summed E-state index contributed by atoms with van der Waals surface area (Å²) in [5, 5.41) is 0. The predicted molar refractivity (Wildman–Crippen MR) is 74.6 cm³/mol. The molecule has 18 heavy (non-hydrogen) atoms. The van der Waals surface area contributed by atoms with Gasteiger partial charge in [0.1, 0.15) is 0 Å². The minimum absolute atomic E-state index is 0.234. The van der Waals surface area contributed by atoms with Crippen LogP contribution in [0.25, 0.3) is 0 Å². The number of ether oxygens (including phenoxy) is 1. The van der Waals surface area contributed by atoms with Gasteiger partial charge in [-0.1, -0.05) is 22.0 Å². The molecule has 0 N–H and O–H groups in total. The van der Waals surface area contributed by atoms with Crippen molar-refractivity contribution in [2.24, 2.45) is 0 Å². The van der Waals surface area contributed by atoms with Gasteiger partial charge in [0.15, 0.2) is 0 Å². The average molecular weight is 312 g/mol. The van der Waals surface area contributed by atoms with Gasteiger partial charge in [0.05, 0.1) is 13.2 Å². The lowest BCUT2D eigenvalue weighted by atomic mass is 10.0. The van der Waals surface area contributed by atoms with Gasteiger partial charge < -0.3 is 9.64 Å². The Morgan fingerprint density at radius 3 is 2.83 bits per heavy atom. The van der Waals surface area contributed by atoms with Crippen LogP contribution < -0.4 is 0 Å². The predicted octanol–water partition coefficient (Wildman–Crippen LogP) is 2.55. The van der Waals surface area contributed by atoms with Crippen LogP contribution in [0.4, 0.5) is 0 Å². The summed E-state index contributed by atoms with van der Waals surface area (Å²) >= 11 is 3.47. The molecule has 1 aromatic carbocycles. The van der Waals surface area contributed by atoms with E-state index >= 15 is 0 Å². The van der Waals surface area contributed by atoms with Crippen LogP contribution in [0.2, 0.25) is 0 Å². The van der Waals surface area contributed by atoms with Crippen molar-refractivity contribution in [3.05, 3.63) is 33.8 Å². The zero-order valence-electron chi connectivity index (χ0n) is 10.6. The molecule has 1 aromatic rings. The van der Waals surface area contributed by atoms with Gasteiger partial charge in [-0.2, -0.15) is 0 Å². The van der Waals surface area contributed by atoms with E-state index in [1.54, 1.807) is 0 Å². The van der Waals surface area contributed by atoms with Gasteiger partial charge in [-0.25, -0.2) is 0 Å². The van der Waals surface area contributed by atoms with Crippen LogP contribution in [0, 0.1) is 6.92 Å². The molecule has 1 heterocycles. The van der Waals surface area contributed by atoms with Gasteiger partial charge in [-0.3, -0.25) is 4.79 Å². The molecule has 2 rings (SSSR count). The molecule has 1 fully saturated rings. The summed E-state index contributed by atoms with van der Waals surface area (Å²) < 4.78 is 6.32. The number of carbonyl (C=O) groups is 1. The van der Waals surface area contributed by atoms with Crippen molar-refractivity contribution >= 4 is 21.8 Å². The lowest BCUT2D eigenvalue weighted by Gasteiger charge is -2.27. The third kappa shape index (κ3) is 3.56. The standard InChI is InChI=1S/C14H18BrNO2/c1-11-2-4-13(15)10-12(11)3-5-14(17)16-6-8-18-9-7-16/h2,4,10H,3,5-9H2,1H3. The van der Waals surface area contributed by atoms with Crippen LogP contribution in [-0.4, -0.2) is 37.1 Å². The van der Waals surface area contributed by atoms with Crippen LogP contribution >= 0.6 is 15.9 Å². The number of aryl methyl sites for hydroxylation is 2. The zero-order valence-corrected chi connectivity index (χ0v) is 12.2. The number of hydrogen-bond donors (Lipinski definition) is 0. The van der Waals surface area contributed by atoms with E-state index in [1.165, 1.54) is 11.1 Å². The van der Waals surface area contributed by atoms with Gasteiger partial charge in [0, 0.05) is 24.0 Å². The van der Waals surface area contributed by atoms with Crippen LogP contribution in [-0.2, 0) is 16.0 Å². The van der Waals surface area contributed by atoms with Crippen molar-refractivity contribution in [2.75, 3.05) is 26.3 Å². The number of halogens is 1. The molecule has 1 saturated heterocycles. The molecule has 0 radical (unpaired) electrons. The maximum atomic E-state index is 12.0. The fourth-order valence-corrected chi connectivity index (χ4v) is 2.53. The quantitative estimate of drug-likeness (QED) is 0.858. The maximum Gasteiger partial charge on any atom is 0.223 e. The summed E-state index contributed by atoms with van der Waals surface area (Å²) in [4.78, 5) is 13.9. The molecule has 0 saturated carbocycles. The highest BCUT2D eigenvalue weighted by atomic mass is 79.9. The minimum Gasteiger partial charge on any atom is -0.378 e. The number of benzene rings is 1. The molecule has 0 aromatic heterocycles. The van der Waals surface area contributed by atoms with Crippen molar-refractivity contribution in [2.45, 2.75) is 19.8 Å². The third-order valence-corrected chi connectivity index (χ3v) is 3.78. The minimum atomic E-state index is 0.234. The SMILES string of the molecule is Cc1ccc(Br)cc1CCC(=O)N1CCOCC1. The molecular weight excluding hydrogens is 294 g/mol. The number of rotatable bonds is 3. The number of amides is 1. The second-order valence-corrected chi connectivity index (χ2v) is 5.48. The first-order valence-corrected chi connectivity index (χ1v) is 7.06. The molecule has 1 amide bonds. The van der Waals surface area contributed by atoms with Crippen LogP contribution in [0.5, 0.6) is 0 Å². The van der Waals surface area contributed by atoms with Crippen LogP contribution in [0.3, 0.4) is 0 Å². The second kappa shape index (κ2) is 6.34. The van der Waals surface area contributed by atoms with E-state index < -0.39 is 0 Å². The highest BCUT2D eigenvalue weighted by Crippen LogP contribution is 2.18. The summed E-state index contributed by atoms with van der Waals surface area (Å²) in [5.74, 6) is 0.234. The average Bonchev–Trinajstić information content (AvgIpc) is 2.40. The van der Waals surface area contributed by atoms with Gasteiger partial charge in [0.25, 0.3) is 0 Å². The lowest BCUT2D eigenvalue weighted by molar-refractivity contribution is -0.135. The second-order valence-electron chi connectivity index (χ2n) is 4.56. The molecule has 0 bridgehead atoms. The molecule has 98 valence electrons. The summed E-state index contributed by atoms with van der Waals surface area (Å²) in [6.45, 7) is 4.89. The van der Waals surface area contributed by atoms with Crippen molar-refractivity contribution in [3.8, 4) is 0 Å². The summed E-state index contributed by atoms with van der Waals surface area (Å²) in [5.41, 5.74) is 2.49. The van der Waals surface area contributed by atoms with E-state index in [2.05, 4.69) is 35.0 Å². The van der Waals surface area contributed by atoms with Gasteiger partial charge >= 0.3 is 0 Å². The molecular formula is C14H18BrNO2. The first-order valence-electron chi connectivity index (χ1n) is 6.27. The largest absolute Gasteiger partial charge is 0.378 e. The maximum absolute atomic E-state index is 12.0. The van der Waals surface area contributed by atoms with E-state index in [0.717, 1.165) is 24.0 Å². The molecule has 1 aliphatic heterocycles. The molecule has 1 aliphatic rings. The molecule has 0 atom stereocenters. The third-order valence-electron chi connectivity index (χ3n) is 3.28. The molecule has 3 nitrogen and oxygen atoms in total. The molecule has 4 heteroatoms. The highest BCUT2D eigenvalue weighted by Gasteiger charge is 2.16. The van der Waals surface area contributed by atoms with Crippen LogP contribution in [0.1, 0.15) is 17.5 Å². The Morgan fingerprint density at radius 2 is 2.11 bits per heavy atom. The Labute approximate surface area is 116 Å². The van der Waals surface area contributed by atoms with E-state index in [0.29, 0.717) is 19.6 Å². The monoisotopic (exact) mass is 311 g/mol. The fraction of sp³-hybridized carbons (Fsp3) is 0.500. The lowest BCUT2D eigenvalue weighted by Crippen LogP contribution is -2.40. The van der Waals surface area contributed by atoms with Gasteiger partial charge in [0.2, 0.25) is 5.91 Å². The normalized spacial score (nSPS) is 15.8. The van der Waals surface area contributed by atoms with Crippen molar-refractivity contribution in [1.29, 1.82) is 0 Å². The topological polar surface area (TPSA) is 29.5 Å². The molecule has 0 spiro atoms. The number of hydrogen-bond acceptors (Lipinski definition) is 2. The summed E-state index contributed by atoms with van der Waals surface area (Å²) in [6, 6.07) is 6.21. The molecule has 0 aliphatic carbocycles. The smallest absolute Gasteiger partial charge is 0.223 e. The Bertz CT molecular complexity index is 428. The Morgan fingerprint density at radius 1 is 1.39 bits per heavy atom. The highest BCUT2D eigenvalue weighted by molar-refractivity contribution is 9.10. The van der Waals surface area contributed by atoms with Crippen molar-refractivity contribution < 1.29 is 9.53 Å². The van der Waals surface area contributed by atoms with Gasteiger partial charge in [-0.05, 0) is 36.6 Å². The van der Waals surface area contributed by atoms with E-state index in [9.17, 15) is 4.79 Å². The van der Waals surface area contributed by atoms with E-state index in [1.807, 2.05) is 11.0 Å². The Hall–Kier alpha value is -0.870. The summed E-state index contributed by atoms with van der Waals surface area (Å²) in [7, 11) is 0. The Balaban J connectivity index is 1.90. The Kier molecular flexibility index (Phi) is 4.78. The number of nitrogens with zero attached hydrogens (tertiary/aromatic N) is 1. The number of morpholine rings is 1. The van der Waals surface area contributed by atoms with Crippen LogP contribution in [0.15, 0.2) is 22.7 Å². The summed E-state index contributed by atoms with van der Waals surface area (Å²) in [6.07, 6.45) is 1.39. The fourth-order valence-electron chi connectivity index (χ4n) is 2.12. The van der Waals surface area contributed by atoms with Gasteiger partial charge in [-0.15, -0.1) is 0 Å². The zero-order chi connectivity index (χ0) is 13.0. The van der Waals surface area contributed by atoms with Crippen molar-refractivity contribution in [3.63, 3.8) is 0 Å². The first kappa shape index (κ1) is 13.6.